The molecule has 0 aliphatic rings. The van der Waals surface area contributed by atoms with Crippen molar-refractivity contribution in [2.24, 2.45) is 0 Å². The Bertz CT molecular complexity index is 57.8. The topological polar surface area (TPSA) is 86.2 Å². The molecule has 0 heterocycles. The molecule has 0 bridgehead atoms. The molecule has 0 saturated carbocycles. The van der Waals surface area contributed by atoms with Crippen molar-refractivity contribution in [2.75, 3.05) is 0 Å². The maximum Gasteiger partial charge on any atom is 1.00 e. The van der Waals surface area contributed by atoms with Gasteiger partial charge in [0.25, 0.3) is 0 Å². The number of hydrogen-bond donors (Lipinski definition) is 0. The molecule has 0 radical (unpaired) electrons. The van der Waals surface area contributed by atoms with Gasteiger partial charge in [-0.25, -0.2) is 0 Å². The van der Waals surface area contributed by atoms with E-state index >= 15 is 0 Å². The van der Waals surface area contributed by atoms with Crippen LogP contribution in [0.25, 0.3) is 0 Å². The molecule has 0 aromatic heterocycles. The van der Waals surface area contributed by atoms with Crippen LogP contribution >= 0.6 is 0 Å². The van der Waals surface area contributed by atoms with Crippen molar-refractivity contribution in [2.45, 2.75) is 0 Å². The van der Waals surface area contributed by atoms with E-state index in [2.05, 4.69) is 0 Å². The van der Waals surface area contributed by atoms with Crippen molar-refractivity contribution in [3.8, 4) is 0 Å². The normalized spacial score (nSPS) is 9.83. The van der Waals surface area contributed by atoms with Gasteiger partial charge in [-0.2, -0.15) is 0 Å². The predicted octanol–water partition coefficient (Wildman–Crippen LogP) is -6.95. The summed E-state index contributed by atoms with van der Waals surface area (Å²) in [5.74, 6) is 0. The van der Waals surface area contributed by atoms with E-state index in [4.69, 9.17) is 16.0 Å². The Hall–Kier alpha value is 1.87. The van der Waals surface area contributed by atoms with Crippen LogP contribution in [0.2, 0.25) is 0 Å². The Kier molecular flexibility index (Phi) is 6.88. The van der Waals surface area contributed by atoms with E-state index in [-0.39, 0.29) is 52.8 Å². The molecule has 0 fully saturated rings. The van der Waals surface area contributed by atoms with Crippen LogP contribution in [0.5, 0.6) is 0 Å². The van der Waals surface area contributed by atoms with Gasteiger partial charge in [-0.05, 0) is 0 Å². The van der Waals surface area contributed by atoms with Crippen LogP contribution in [0, 0.1) is 0 Å². The van der Waals surface area contributed by atoms with Crippen LogP contribution < -0.4 is 63.7 Å². The van der Waals surface area contributed by atoms with Crippen molar-refractivity contribution in [3.63, 3.8) is 0 Å². The van der Waals surface area contributed by atoms with Crippen molar-refractivity contribution < 1.29 is 68.8 Å². The fourth-order valence-corrected chi connectivity index (χ4v) is 0. The van der Waals surface area contributed by atoms with Gasteiger partial charge in [0.15, 0.2) is 0 Å². The number of rotatable bonds is 0. The first kappa shape index (κ1) is 10.8. The van der Waals surface area contributed by atoms with E-state index in [1.54, 1.807) is 0 Å². The Morgan fingerprint density at radius 1 is 1.33 bits per heavy atom. The maximum absolute atomic E-state index is 8.61. The summed E-state index contributed by atoms with van der Waals surface area (Å²) in [5, 5.41) is 0. The van der Waals surface area contributed by atoms with Crippen LogP contribution in [-0.4, -0.2) is 14.5 Å². The summed E-state index contributed by atoms with van der Waals surface area (Å²) in [6, 6.07) is 0. The second-order valence-corrected chi connectivity index (χ2v) is 2.32. The van der Waals surface area contributed by atoms with Crippen molar-refractivity contribution in [1.82, 2.24) is 0 Å². The minimum absolute atomic E-state index is 0. The summed E-state index contributed by atoms with van der Waals surface area (Å²) in [6.07, 6.45) is 0. The molecule has 6 heavy (non-hydrogen) atoms. The van der Waals surface area contributed by atoms with E-state index in [0.717, 1.165) is 0 Å². The molecule has 0 aromatic carbocycles. The van der Waals surface area contributed by atoms with Crippen molar-refractivity contribution in [1.29, 1.82) is 0 Å². The Morgan fingerprint density at radius 2 is 1.33 bits per heavy atom. The molecule has 4 nitrogen and oxygen atoms in total. The van der Waals surface area contributed by atoms with E-state index in [9.17, 15) is 0 Å². The molecule has 6 heteroatoms. The summed E-state index contributed by atoms with van der Waals surface area (Å²) in [4.78, 5) is 0. The van der Waals surface area contributed by atoms with Gasteiger partial charge in [0.2, 0.25) is 0 Å². The summed E-state index contributed by atoms with van der Waals surface area (Å²) >= 11 is -5.88. The van der Waals surface area contributed by atoms with E-state index in [1.807, 2.05) is 0 Å². The van der Waals surface area contributed by atoms with Crippen LogP contribution in [0.1, 0.15) is 1.43 Å². The van der Waals surface area contributed by atoms with Gasteiger partial charge in [0.1, 0.15) is 0 Å². The minimum Gasteiger partial charge on any atom is 1.00 e. The van der Waals surface area contributed by atoms with Crippen molar-refractivity contribution >= 4 is 14.5 Å². The van der Waals surface area contributed by atoms with Gasteiger partial charge in [0.05, 0.1) is 0 Å². The molecule has 0 spiro atoms. The molecular formula is HAsKO4-. The molecule has 0 atom stereocenters. The molecule has 0 N–H and O–H groups in total. The van der Waals surface area contributed by atoms with Gasteiger partial charge in [-0.15, -0.1) is 0 Å². The molecule has 32 valence electrons. The van der Waals surface area contributed by atoms with Crippen molar-refractivity contribution in [3.05, 3.63) is 0 Å². The van der Waals surface area contributed by atoms with Gasteiger partial charge in [0, 0.05) is 0 Å². The van der Waals surface area contributed by atoms with Gasteiger partial charge >= 0.3 is 83.4 Å². The summed E-state index contributed by atoms with van der Waals surface area (Å²) in [7, 11) is 0. The smallest absolute Gasteiger partial charge is 1.00 e. The second kappa shape index (κ2) is 3.83. The Labute approximate surface area is 81.8 Å². The summed E-state index contributed by atoms with van der Waals surface area (Å²) in [6.45, 7) is 0. The standard InChI is InChI=1S/AsH3O4.K/c2-1(3,4)5;/h(H3,2,3,4,5);/q;+1/p-2. The third-order valence-corrected chi connectivity index (χ3v) is 0. The number of hydrogen-bond acceptors (Lipinski definition) is 4. The van der Waals surface area contributed by atoms with Gasteiger partial charge in [-0.1, -0.05) is 0 Å². The molecule has 0 aromatic rings. The maximum atomic E-state index is 8.61. The fraction of sp³-hybridized carbons (Fsp3) is 0. The third kappa shape index (κ3) is 39.7. The first-order valence-electron chi connectivity index (χ1n) is 0.730. The molecule has 0 amide bonds. The Balaban J connectivity index is -0.0000000800. The molecular weight excluding hydrogens is 178 g/mol. The van der Waals surface area contributed by atoms with Gasteiger partial charge in [-0.3, -0.25) is 0 Å². The monoisotopic (exact) mass is 179 g/mol. The zero-order chi connectivity index (χ0) is 4.50. The quantitative estimate of drug-likeness (QED) is 0.346. The molecule has 0 rings (SSSR count). The second-order valence-electron chi connectivity index (χ2n) is 0.447. The van der Waals surface area contributed by atoms with Crippen LogP contribution in [-0.2, 0) is 3.74 Å². The average Bonchev–Trinajstić information content (AvgIpc) is 0.722. The first-order valence-corrected chi connectivity index (χ1v) is 3.79. The Morgan fingerprint density at radius 3 is 1.33 bits per heavy atom. The first-order chi connectivity index (χ1) is 2.00. The predicted molar refractivity (Wildman–Crippen MR) is 7.55 cm³/mol. The fourth-order valence-electron chi connectivity index (χ4n) is 0. The SMILES string of the molecule is O=[As]([O-])([O-])[O-].[H+].[K+]. The van der Waals surface area contributed by atoms with Crippen LogP contribution in [0.4, 0.5) is 0 Å². The van der Waals surface area contributed by atoms with E-state index in [0.29, 0.717) is 0 Å². The third-order valence-electron chi connectivity index (χ3n) is 0. The van der Waals surface area contributed by atoms with E-state index in [1.165, 1.54) is 0 Å². The average molecular weight is 179 g/mol. The molecule has 0 saturated heterocycles. The minimum atomic E-state index is -5.88. The van der Waals surface area contributed by atoms with Crippen LogP contribution in [0.15, 0.2) is 0 Å². The molecule has 0 aliphatic carbocycles. The van der Waals surface area contributed by atoms with E-state index < -0.39 is 14.5 Å². The summed E-state index contributed by atoms with van der Waals surface area (Å²) in [5.41, 5.74) is 0. The molecule has 0 aliphatic heterocycles. The zero-order valence-electron chi connectivity index (χ0n) is 4.08. The zero-order valence-corrected chi connectivity index (χ0v) is 8.08. The largest absolute Gasteiger partial charge is 1.00 e. The van der Waals surface area contributed by atoms with Gasteiger partial charge < -0.3 is 0 Å². The van der Waals surface area contributed by atoms with Crippen LogP contribution in [0.3, 0.4) is 0 Å². The molecule has 0 unspecified atom stereocenters. The summed E-state index contributed by atoms with van der Waals surface area (Å²) < 4.78 is 34.4.